The number of amides is 1. The molecule has 56 heavy (non-hydrogen) atoms. The number of pyridine rings is 2. The van der Waals surface area contributed by atoms with Crippen molar-refractivity contribution in [1.82, 2.24) is 24.8 Å². The van der Waals surface area contributed by atoms with Gasteiger partial charge in [0.2, 0.25) is 5.91 Å². The number of rotatable bonds is 10. The topological polar surface area (TPSA) is 109 Å². The first kappa shape index (κ1) is 35.9. The number of likely N-dealkylation sites (tertiary alicyclic amines) is 1. The van der Waals surface area contributed by atoms with E-state index in [0.29, 0.717) is 58.1 Å². The number of benzene rings is 2. The number of methoxy groups -OCH3 is 1. The maximum atomic E-state index is 17.3. The first-order chi connectivity index (χ1) is 27.2. The molecule has 2 bridgehead atoms. The van der Waals surface area contributed by atoms with Gasteiger partial charge in [0, 0.05) is 97.1 Å². The first-order valence-corrected chi connectivity index (χ1v) is 20.4. The summed E-state index contributed by atoms with van der Waals surface area (Å²) in [5.41, 5.74) is 4.36. The standard InChI is InChI=1S/C43H42Cl2FN7O3/c1-22-30-17-35(34-15-27(21-52(34)43(54)23-8-9-23)56-26-10-12-48-36(16-26)51-19-28(20-51)55-2)53(41-25-14-33(41)49-18-25)42(30)31-13-24(5-4-11-47)37(39(46)40(31)50-22)29-6-3-7-32(44)38(29)45/h3,6-7,10,12-13,16-17,23,25,27-28,33-34,41,49H,4-5,8-9,14-15,18-21H2,1-2H3/t25-,27+,33-,34-,41+/m1/s1. The fraction of sp³-hybridized carbons (Fsp3) is 0.442. The molecule has 10 nitrogen and oxygen atoms in total. The van der Waals surface area contributed by atoms with E-state index in [9.17, 15) is 10.1 Å². The molecule has 2 saturated carbocycles. The Balaban J connectivity index is 1.11. The second kappa shape index (κ2) is 13.9. The lowest BCUT2D eigenvalue weighted by atomic mass is 9.79. The molecule has 0 spiro atoms. The number of hydrogen-bond donors (Lipinski definition) is 1. The summed E-state index contributed by atoms with van der Waals surface area (Å²) in [5.74, 6) is 1.69. The van der Waals surface area contributed by atoms with E-state index in [1.807, 2.05) is 30.0 Å². The van der Waals surface area contributed by atoms with Gasteiger partial charge < -0.3 is 29.2 Å². The Morgan fingerprint density at radius 2 is 1.93 bits per heavy atom. The molecular weight excluding hydrogens is 752 g/mol. The highest BCUT2D eigenvalue weighted by Crippen LogP contribution is 2.51. The van der Waals surface area contributed by atoms with Crippen molar-refractivity contribution in [3.63, 3.8) is 0 Å². The van der Waals surface area contributed by atoms with Crippen molar-refractivity contribution < 1.29 is 18.7 Å². The minimum atomic E-state index is -0.485. The quantitative estimate of drug-likeness (QED) is 0.152. The van der Waals surface area contributed by atoms with Crippen LogP contribution >= 0.6 is 23.2 Å². The Hall–Kier alpha value is -4.47. The number of anilines is 1. The van der Waals surface area contributed by atoms with Crippen LogP contribution in [-0.2, 0) is 16.0 Å². The van der Waals surface area contributed by atoms with Gasteiger partial charge >= 0.3 is 0 Å². The van der Waals surface area contributed by atoms with Crippen molar-refractivity contribution in [3.8, 4) is 22.9 Å². The predicted molar refractivity (Wildman–Crippen MR) is 214 cm³/mol. The fourth-order valence-electron chi connectivity index (χ4n) is 9.68. The normalized spacial score (nSPS) is 24.5. The number of aromatic nitrogens is 3. The van der Waals surface area contributed by atoms with Crippen molar-refractivity contribution in [2.45, 2.75) is 75.8 Å². The Morgan fingerprint density at radius 1 is 1.09 bits per heavy atom. The summed E-state index contributed by atoms with van der Waals surface area (Å²) in [6.07, 6.45) is 5.75. The minimum absolute atomic E-state index is 0.0288. The molecular formula is C43H42Cl2FN7O3. The monoisotopic (exact) mass is 793 g/mol. The van der Waals surface area contributed by atoms with E-state index in [2.05, 4.69) is 31.9 Å². The van der Waals surface area contributed by atoms with Gasteiger partial charge in [-0.3, -0.25) is 4.79 Å². The van der Waals surface area contributed by atoms with E-state index in [1.54, 1.807) is 31.5 Å². The zero-order valence-corrected chi connectivity index (χ0v) is 32.8. The molecule has 1 N–H and O–H groups in total. The number of ether oxygens (including phenoxy) is 2. The van der Waals surface area contributed by atoms with Gasteiger partial charge in [-0.15, -0.1) is 0 Å². The summed E-state index contributed by atoms with van der Waals surface area (Å²) in [5, 5.41) is 15.6. The molecule has 6 fully saturated rings. The minimum Gasteiger partial charge on any atom is -0.488 e. The maximum absolute atomic E-state index is 17.3. The van der Waals surface area contributed by atoms with Crippen LogP contribution in [0, 0.1) is 35.9 Å². The molecule has 11 rings (SSSR count). The largest absolute Gasteiger partial charge is 0.488 e. The van der Waals surface area contributed by atoms with Crippen molar-refractivity contribution in [2.24, 2.45) is 11.8 Å². The Kier molecular flexibility index (Phi) is 8.90. The van der Waals surface area contributed by atoms with E-state index in [-0.39, 0.29) is 59.1 Å². The Bertz CT molecular complexity index is 2440. The number of carbonyl (C=O) groups is 1. The van der Waals surface area contributed by atoms with Crippen LogP contribution in [0.25, 0.3) is 32.9 Å². The van der Waals surface area contributed by atoms with Crippen LogP contribution in [-0.4, -0.2) is 76.9 Å². The molecule has 4 aliphatic heterocycles. The third kappa shape index (κ3) is 5.82. The molecule has 13 heteroatoms. The average molecular weight is 795 g/mol. The van der Waals surface area contributed by atoms with E-state index < -0.39 is 5.82 Å². The van der Waals surface area contributed by atoms with Crippen LogP contribution in [0.2, 0.25) is 10.0 Å². The average Bonchev–Trinajstić information content (AvgIpc) is 3.45. The van der Waals surface area contributed by atoms with Crippen molar-refractivity contribution in [1.29, 1.82) is 5.26 Å². The SMILES string of the molecule is COC1CN(c2cc(O[C@H]3C[C@H](c4cc5c(C)nc6c(F)c(-c7cccc(Cl)c7Cl)c(CCC#N)cc6c5n4[C@H]4[C@H]5CN[C@@H]4C5)N(C(=O)C4CC4)C3)ccn2)C1. The zero-order chi connectivity index (χ0) is 38.4. The highest BCUT2D eigenvalue weighted by atomic mass is 35.5. The lowest BCUT2D eigenvalue weighted by molar-refractivity contribution is -0.133. The third-order valence-electron chi connectivity index (χ3n) is 12.8. The molecule has 2 aromatic carbocycles. The van der Waals surface area contributed by atoms with Crippen LogP contribution < -0.4 is 15.0 Å². The van der Waals surface area contributed by atoms with Crippen molar-refractivity contribution >= 4 is 56.7 Å². The Morgan fingerprint density at radius 3 is 2.66 bits per heavy atom. The first-order valence-electron chi connectivity index (χ1n) is 19.6. The molecule has 288 valence electrons. The number of carbonyl (C=O) groups excluding carboxylic acids is 1. The maximum Gasteiger partial charge on any atom is 0.226 e. The van der Waals surface area contributed by atoms with Gasteiger partial charge in [-0.05, 0) is 68.4 Å². The predicted octanol–water partition coefficient (Wildman–Crippen LogP) is 7.96. The molecule has 4 saturated heterocycles. The molecule has 7 heterocycles. The highest BCUT2D eigenvalue weighted by molar-refractivity contribution is 6.43. The number of nitrogens with zero attached hydrogens (tertiary/aromatic N) is 6. The fourth-order valence-corrected chi connectivity index (χ4v) is 10.1. The van der Waals surface area contributed by atoms with Gasteiger partial charge in [0.05, 0.1) is 46.4 Å². The van der Waals surface area contributed by atoms with Gasteiger partial charge in [0.15, 0.2) is 5.82 Å². The van der Waals surface area contributed by atoms with E-state index in [0.717, 1.165) is 67.1 Å². The number of hydrogen-bond acceptors (Lipinski definition) is 8. The Labute approximate surface area is 334 Å². The summed E-state index contributed by atoms with van der Waals surface area (Å²) in [6, 6.07) is 15.7. The van der Waals surface area contributed by atoms with Crippen molar-refractivity contribution in [2.75, 3.05) is 38.2 Å². The number of fused-ring (bicyclic) bond motifs is 4. The van der Waals surface area contributed by atoms with Crippen LogP contribution in [0.4, 0.5) is 10.2 Å². The molecule has 6 aliphatic rings. The van der Waals surface area contributed by atoms with E-state index >= 15 is 4.39 Å². The smallest absolute Gasteiger partial charge is 0.226 e. The van der Waals surface area contributed by atoms with Crippen molar-refractivity contribution in [3.05, 3.63) is 81.5 Å². The van der Waals surface area contributed by atoms with Gasteiger partial charge in [-0.1, -0.05) is 35.3 Å². The van der Waals surface area contributed by atoms with Crippen LogP contribution in [0.15, 0.2) is 48.7 Å². The van der Waals surface area contributed by atoms with Gasteiger partial charge in [0.25, 0.3) is 0 Å². The highest BCUT2D eigenvalue weighted by Gasteiger charge is 2.51. The third-order valence-corrected chi connectivity index (χ3v) is 13.6. The summed E-state index contributed by atoms with van der Waals surface area (Å²) in [4.78, 5) is 27.9. The summed E-state index contributed by atoms with van der Waals surface area (Å²) >= 11 is 13.2. The van der Waals surface area contributed by atoms with Crippen LogP contribution in [0.3, 0.4) is 0 Å². The summed E-state index contributed by atoms with van der Waals surface area (Å²) in [7, 11) is 1.73. The van der Waals surface area contributed by atoms with Crippen LogP contribution in [0.1, 0.15) is 61.1 Å². The zero-order valence-electron chi connectivity index (χ0n) is 31.3. The van der Waals surface area contributed by atoms with Crippen LogP contribution in [0.5, 0.6) is 5.75 Å². The number of aryl methyl sites for hydroxylation is 2. The van der Waals surface area contributed by atoms with Gasteiger partial charge in [-0.25, -0.2) is 14.4 Å². The number of nitriles is 1. The molecule has 1 amide bonds. The lowest BCUT2D eigenvalue weighted by Gasteiger charge is -2.39. The number of halogens is 3. The molecule has 3 aromatic heterocycles. The van der Waals surface area contributed by atoms with Gasteiger partial charge in [0.1, 0.15) is 23.2 Å². The number of nitrogens with one attached hydrogen (secondary N) is 1. The molecule has 5 atom stereocenters. The van der Waals surface area contributed by atoms with Gasteiger partial charge in [-0.2, -0.15) is 5.26 Å². The molecule has 5 aromatic rings. The molecule has 0 radical (unpaired) electrons. The molecule has 0 unspecified atom stereocenters. The summed E-state index contributed by atoms with van der Waals surface area (Å²) < 4.78 is 31.9. The lowest BCUT2D eigenvalue weighted by Crippen LogP contribution is -2.52. The van der Waals surface area contributed by atoms with E-state index in [4.69, 9.17) is 37.7 Å². The van der Waals surface area contributed by atoms with E-state index in [1.165, 1.54) is 0 Å². The molecule has 2 aliphatic carbocycles. The second-order valence-electron chi connectivity index (χ2n) is 16.1. The summed E-state index contributed by atoms with van der Waals surface area (Å²) in [6.45, 7) is 4.88. The second-order valence-corrected chi connectivity index (χ2v) is 16.9.